The Hall–Kier alpha value is -0.770. The Kier molecular flexibility index (Phi) is 2.87. The molecule has 2 heterocycles. The van der Waals surface area contributed by atoms with E-state index in [1.165, 1.54) is 0 Å². The molecule has 2 fully saturated rings. The van der Waals surface area contributed by atoms with Crippen molar-refractivity contribution < 1.29 is 9.53 Å². The van der Waals surface area contributed by atoms with Crippen LogP contribution >= 0.6 is 0 Å². The maximum atomic E-state index is 11.8. The molecule has 0 radical (unpaired) electrons. The summed E-state index contributed by atoms with van der Waals surface area (Å²) >= 11 is 0. The molecule has 2 rings (SSSR count). The molecular weight excluding hydrogens is 192 g/mol. The summed E-state index contributed by atoms with van der Waals surface area (Å²) in [6, 6.07) is 0.260. The number of ether oxygens (including phenoxy) is 1. The lowest BCUT2D eigenvalue weighted by atomic mass is 10.00. The van der Waals surface area contributed by atoms with E-state index in [0.29, 0.717) is 0 Å². The van der Waals surface area contributed by atoms with Gasteiger partial charge in [0.15, 0.2) is 0 Å². The minimum Gasteiger partial charge on any atom is -0.373 e. The van der Waals surface area contributed by atoms with Crippen LogP contribution in [0.2, 0.25) is 0 Å². The molecule has 4 nitrogen and oxygen atoms in total. The fourth-order valence-electron chi connectivity index (χ4n) is 2.43. The molecule has 2 aliphatic rings. The van der Waals surface area contributed by atoms with Crippen molar-refractivity contribution in [3.63, 3.8) is 0 Å². The molecule has 2 amide bonds. The van der Waals surface area contributed by atoms with Crippen LogP contribution in [0.15, 0.2) is 0 Å². The second-order valence-corrected chi connectivity index (χ2v) is 4.91. The van der Waals surface area contributed by atoms with E-state index in [1.807, 2.05) is 18.7 Å². The number of hydrogen-bond acceptors (Lipinski definition) is 2. The number of carbonyl (C=O) groups is 1. The minimum absolute atomic E-state index is 0.00564. The van der Waals surface area contributed by atoms with Gasteiger partial charge in [-0.2, -0.15) is 0 Å². The molecule has 1 atom stereocenters. The first-order chi connectivity index (χ1) is 7.11. The molecular formula is C11H20N2O2. The van der Waals surface area contributed by atoms with Gasteiger partial charge < -0.3 is 15.0 Å². The highest BCUT2D eigenvalue weighted by Gasteiger charge is 2.43. The fraction of sp³-hybridized carbons (Fsp3) is 0.909. The lowest BCUT2D eigenvalue weighted by molar-refractivity contribution is 0.0152. The van der Waals surface area contributed by atoms with Crippen molar-refractivity contribution in [2.45, 2.75) is 44.8 Å². The van der Waals surface area contributed by atoms with Crippen molar-refractivity contribution in [3.8, 4) is 0 Å². The van der Waals surface area contributed by atoms with Crippen molar-refractivity contribution >= 4 is 6.03 Å². The molecule has 4 heteroatoms. The number of urea groups is 1. The number of likely N-dealkylation sites (tertiary alicyclic amines) is 1. The monoisotopic (exact) mass is 212 g/mol. The lowest BCUT2D eigenvalue weighted by Crippen LogP contribution is -2.43. The first-order valence-electron chi connectivity index (χ1n) is 5.81. The van der Waals surface area contributed by atoms with E-state index < -0.39 is 0 Å². The summed E-state index contributed by atoms with van der Waals surface area (Å²) in [6.45, 7) is 6.43. The topological polar surface area (TPSA) is 41.6 Å². The number of rotatable bonds is 1. The third-order valence-electron chi connectivity index (χ3n) is 3.20. The number of nitrogens with zero attached hydrogens (tertiary/aromatic N) is 1. The van der Waals surface area contributed by atoms with Gasteiger partial charge in [0.2, 0.25) is 0 Å². The normalized spacial score (nSPS) is 30.5. The molecule has 0 aliphatic carbocycles. The maximum absolute atomic E-state index is 11.8. The Morgan fingerprint density at radius 3 is 2.87 bits per heavy atom. The van der Waals surface area contributed by atoms with Gasteiger partial charge >= 0.3 is 6.03 Å². The molecule has 2 saturated heterocycles. The van der Waals surface area contributed by atoms with E-state index in [0.717, 1.165) is 39.0 Å². The van der Waals surface area contributed by atoms with Crippen LogP contribution < -0.4 is 5.32 Å². The second-order valence-electron chi connectivity index (χ2n) is 4.91. The zero-order chi connectivity index (χ0) is 10.9. The highest BCUT2D eigenvalue weighted by molar-refractivity contribution is 5.74. The van der Waals surface area contributed by atoms with Crippen molar-refractivity contribution in [1.29, 1.82) is 0 Å². The van der Waals surface area contributed by atoms with Crippen LogP contribution in [0.1, 0.15) is 33.1 Å². The molecule has 1 unspecified atom stereocenters. The molecule has 1 spiro atoms. The summed E-state index contributed by atoms with van der Waals surface area (Å²) in [5.41, 5.74) is -0.00564. The quantitative estimate of drug-likeness (QED) is 0.713. The van der Waals surface area contributed by atoms with Crippen molar-refractivity contribution in [3.05, 3.63) is 0 Å². The molecule has 0 aromatic heterocycles. The third-order valence-corrected chi connectivity index (χ3v) is 3.20. The number of hydrogen-bond donors (Lipinski definition) is 1. The van der Waals surface area contributed by atoms with Crippen LogP contribution in [0.25, 0.3) is 0 Å². The zero-order valence-corrected chi connectivity index (χ0v) is 9.58. The SMILES string of the molecule is CC(C)NC(=O)N1CCC2(CCCO2)C1. The number of amides is 2. The standard InChI is InChI=1S/C11H20N2O2/c1-9(2)12-10(14)13-6-5-11(8-13)4-3-7-15-11/h9H,3-8H2,1-2H3,(H,12,14). The van der Waals surface area contributed by atoms with Crippen LogP contribution in [-0.4, -0.2) is 42.3 Å². The first-order valence-corrected chi connectivity index (χ1v) is 5.81. The molecule has 86 valence electrons. The van der Waals surface area contributed by atoms with Crippen LogP contribution in [0.4, 0.5) is 4.79 Å². The van der Waals surface area contributed by atoms with Crippen LogP contribution in [0.3, 0.4) is 0 Å². The average molecular weight is 212 g/mol. The lowest BCUT2D eigenvalue weighted by Gasteiger charge is -2.23. The van der Waals surface area contributed by atoms with E-state index in [2.05, 4.69) is 5.32 Å². The van der Waals surface area contributed by atoms with Gasteiger partial charge in [0.25, 0.3) is 0 Å². The summed E-state index contributed by atoms with van der Waals surface area (Å²) in [6.07, 6.45) is 3.25. The van der Waals surface area contributed by atoms with E-state index in [1.54, 1.807) is 0 Å². The molecule has 1 N–H and O–H groups in total. The third kappa shape index (κ3) is 2.25. The van der Waals surface area contributed by atoms with Crippen molar-refractivity contribution in [2.75, 3.05) is 19.7 Å². The molecule has 0 saturated carbocycles. The average Bonchev–Trinajstić information content (AvgIpc) is 2.76. The summed E-state index contributed by atoms with van der Waals surface area (Å²) in [4.78, 5) is 13.6. The number of nitrogens with one attached hydrogen (secondary N) is 1. The van der Waals surface area contributed by atoms with E-state index >= 15 is 0 Å². The molecule has 0 bridgehead atoms. The van der Waals surface area contributed by atoms with E-state index in [-0.39, 0.29) is 17.7 Å². The number of carbonyl (C=O) groups excluding carboxylic acids is 1. The summed E-state index contributed by atoms with van der Waals surface area (Å²) < 4.78 is 5.77. The fourth-order valence-corrected chi connectivity index (χ4v) is 2.43. The Balaban J connectivity index is 1.89. The highest BCUT2D eigenvalue weighted by atomic mass is 16.5. The van der Waals surface area contributed by atoms with E-state index in [4.69, 9.17) is 4.74 Å². The van der Waals surface area contributed by atoms with Crippen LogP contribution in [0, 0.1) is 0 Å². The summed E-state index contributed by atoms with van der Waals surface area (Å²) in [7, 11) is 0. The first kappa shape index (κ1) is 10.7. The van der Waals surface area contributed by atoms with Gasteiger partial charge in [-0.25, -0.2) is 4.79 Å². The summed E-state index contributed by atoms with van der Waals surface area (Å²) in [5.74, 6) is 0. The van der Waals surface area contributed by atoms with Gasteiger partial charge in [0.1, 0.15) is 0 Å². The van der Waals surface area contributed by atoms with Gasteiger partial charge in [0.05, 0.1) is 12.1 Å². The summed E-state index contributed by atoms with van der Waals surface area (Å²) in [5, 5.41) is 2.92. The Morgan fingerprint density at radius 1 is 1.47 bits per heavy atom. The van der Waals surface area contributed by atoms with Gasteiger partial charge in [0, 0.05) is 19.2 Å². The molecule has 0 aromatic carbocycles. The molecule has 0 aromatic rings. The Labute approximate surface area is 91.0 Å². The predicted octanol–water partition coefficient (Wildman–Crippen LogP) is 1.36. The van der Waals surface area contributed by atoms with Gasteiger partial charge in [-0.05, 0) is 33.1 Å². The zero-order valence-electron chi connectivity index (χ0n) is 9.58. The van der Waals surface area contributed by atoms with Gasteiger partial charge in [-0.3, -0.25) is 0 Å². The maximum Gasteiger partial charge on any atom is 0.317 e. The van der Waals surface area contributed by atoms with Gasteiger partial charge in [-0.15, -0.1) is 0 Å². The smallest absolute Gasteiger partial charge is 0.317 e. The van der Waals surface area contributed by atoms with Crippen molar-refractivity contribution in [1.82, 2.24) is 10.2 Å². The Bertz CT molecular complexity index is 247. The van der Waals surface area contributed by atoms with Crippen LogP contribution in [0.5, 0.6) is 0 Å². The molecule has 15 heavy (non-hydrogen) atoms. The van der Waals surface area contributed by atoms with Crippen LogP contribution in [-0.2, 0) is 4.74 Å². The largest absolute Gasteiger partial charge is 0.373 e. The highest BCUT2D eigenvalue weighted by Crippen LogP contribution is 2.34. The van der Waals surface area contributed by atoms with E-state index in [9.17, 15) is 4.79 Å². The van der Waals surface area contributed by atoms with Crippen molar-refractivity contribution in [2.24, 2.45) is 0 Å². The Morgan fingerprint density at radius 2 is 2.27 bits per heavy atom. The second kappa shape index (κ2) is 4.00. The predicted molar refractivity (Wildman–Crippen MR) is 57.8 cm³/mol. The minimum atomic E-state index is -0.00564. The van der Waals surface area contributed by atoms with Gasteiger partial charge in [-0.1, -0.05) is 0 Å². The molecule has 2 aliphatic heterocycles.